The fraction of sp³-hybridized carbons (Fsp3) is 0. The lowest BCUT2D eigenvalue weighted by Crippen LogP contribution is -1.97. The molecule has 3 rings (SSSR count). The molecule has 3 aromatic rings. The van der Waals surface area contributed by atoms with E-state index in [4.69, 9.17) is 0 Å². The highest BCUT2D eigenvalue weighted by molar-refractivity contribution is 7.80. The van der Waals surface area contributed by atoms with Gasteiger partial charge in [0.25, 0.3) is 0 Å². The van der Waals surface area contributed by atoms with Crippen molar-refractivity contribution in [3.8, 4) is 5.69 Å². The van der Waals surface area contributed by atoms with Crippen LogP contribution < -0.4 is 0 Å². The number of aromatic nitrogens is 2. The van der Waals surface area contributed by atoms with Crippen LogP contribution in [0, 0.1) is 0 Å². The summed E-state index contributed by atoms with van der Waals surface area (Å²) in [5, 5.41) is 7.52. The van der Waals surface area contributed by atoms with E-state index in [1.165, 1.54) is 10.8 Å². The largest absolute Gasteiger partial charge is 0.227 e. The minimum absolute atomic E-state index is 0.844. The van der Waals surface area contributed by atoms with Crippen LogP contribution in [0.4, 0.5) is 0 Å². The monoisotopic (exact) mass is 226 g/mol. The second-order valence-electron chi connectivity index (χ2n) is 3.60. The summed E-state index contributed by atoms with van der Waals surface area (Å²) >= 11 is 4.39. The summed E-state index contributed by atoms with van der Waals surface area (Å²) in [5.74, 6) is 0. The van der Waals surface area contributed by atoms with Crippen molar-refractivity contribution in [2.45, 2.75) is 5.03 Å². The summed E-state index contributed by atoms with van der Waals surface area (Å²) in [4.78, 5) is 0. The van der Waals surface area contributed by atoms with E-state index >= 15 is 0 Å². The average Bonchev–Trinajstić information content (AvgIpc) is 2.75. The first-order valence-corrected chi connectivity index (χ1v) is 5.52. The van der Waals surface area contributed by atoms with Gasteiger partial charge in [0.15, 0.2) is 0 Å². The number of rotatable bonds is 1. The SMILES string of the molecule is Sc1ccnn1-c1cccc2ccccc12. The maximum Gasteiger partial charge on any atom is 0.0968 e. The van der Waals surface area contributed by atoms with Crippen LogP contribution in [-0.2, 0) is 0 Å². The first-order valence-electron chi connectivity index (χ1n) is 5.07. The van der Waals surface area contributed by atoms with E-state index in [1.807, 2.05) is 28.9 Å². The van der Waals surface area contributed by atoms with Gasteiger partial charge in [0.05, 0.1) is 16.9 Å². The van der Waals surface area contributed by atoms with Gasteiger partial charge in [-0.1, -0.05) is 36.4 Å². The third kappa shape index (κ3) is 1.41. The number of benzene rings is 2. The Hall–Kier alpha value is -1.74. The highest BCUT2D eigenvalue weighted by atomic mass is 32.1. The molecule has 0 amide bonds. The lowest BCUT2D eigenvalue weighted by atomic mass is 10.1. The van der Waals surface area contributed by atoms with Crippen molar-refractivity contribution in [1.29, 1.82) is 0 Å². The van der Waals surface area contributed by atoms with Crippen LogP contribution in [0.25, 0.3) is 16.5 Å². The Labute approximate surface area is 98.9 Å². The predicted molar refractivity (Wildman–Crippen MR) is 68.3 cm³/mol. The van der Waals surface area contributed by atoms with Crippen LogP contribution in [0.1, 0.15) is 0 Å². The molecular weight excluding hydrogens is 216 g/mol. The maximum atomic E-state index is 4.39. The molecule has 3 heteroatoms. The molecule has 0 N–H and O–H groups in total. The van der Waals surface area contributed by atoms with Crippen LogP contribution in [0.3, 0.4) is 0 Å². The molecule has 0 spiro atoms. The standard InChI is InChI=1S/C13H10N2S/c16-13-8-9-14-15(13)12-7-3-5-10-4-1-2-6-11(10)12/h1-9,16H. The summed E-state index contributed by atoms with van der Waals surface area (Å²) < 4.78 is 1.84. The van der Waals surface area contributed by atoms with Crippen LogP contribution in [0.2, 0.25) is 0 Å². The fourth-order valence-electron chi connectivity index (χ4n) is 1.88. The smallest absolute Gasteiger partial charge is 0.0968 e. The van der Waals surface area contributed by atoms with Gasteiger partial charge in [-0.15, -0.1) is 12.6 Å². The second kappa shape index (κ2) is 3.68. The molecule has 16 heavy (non-hydrogen) atoms. The maximum absolute atomic E-state index is 4.39. The quantitative estimate of drug-likeness (QED) is 0.630. The van der Waals surface area contributed by atoms with Crippen molar-refractivity contribution in [2.24, 2.45) is 0 Å². The third-order valence-corrected chi connectivity index (χ3v) is 2.96. The van der Waals surface area contributed by atoms with Gasteiger partial charge in [-0.3, -0.25) is 0 Å². The molecule has 0 atom stereocenters. The normalized spacial score (nSPS) is 10.8. The van der Waals surface area contributed by atoms with Gasteiger partial charge in [-0.2, -0.15) is 5.10 Å². The van der Waals surface area contributed by atoms with Gasteiger partial charge in [0.1, 0.15) is 0 Å². The van der Waals surface area contributed by atoms with Crippen LogP contribution >= 0.6 is 12.6 Å². The van der Waals surface area contributed by atoms with Crippen molar-refractivity contribution in [1.82, 2.24) is 9.78 Å². The zero-order valence-electron chi connectivity index (χ0n) is 8.54. The second-order valence-corrected chi connectivity index (χ2v) is 4.06. The van der Waals surface area contributed by atoms with Gasteiger partial charge >= 0.3 is 0 Å². The molecule has 0 saturated carbocycles. The van der Waals surface area contributed by atoms with Gasteiger partial charge in [0, 0.05) is 5.39 Å². The first-order chi connectivity index (χ1) is 7.86. The van der Waals surface area contributed by atoms with Crippen molar-refractivity contribution in [3.63, 3.8) is 0 Å². The summed E-state index contributed by atoms with van der Waals surface area (Å²) in [6, 6.07) is 16.3. The van der Waals surface area contributed by atoms with Crippen molar-refractivity contribution >= 4 is 23.4 Å². The topological polar surface area (TPSA) is 17.8 Å². The molecule has 0 aliphatic heterocycles. The molecule has 78 valence electrons. The number of hydrogen-bond donors (Lipinski definition) is 1. The molecule has 2 aromatic carbocycles. The van der Waals surface area contributed by atoms with Crippen molar-refractivity contribution in [3.05, 3.63) is 54.7 Å². The highest BCUT2D eigenvalue weighted by Gasteiger charge is 2.05. The lowest BCUT2D eigenvalue weighted by molar-refractivity contribution is 0.812. The molecule has 0 saturated heterocycles. The first kappa shape index (κ1) is 9.48. The lowest BCUT2D eigenvalue weighted by Gasteiger charge is -2.07. The molecule has 0 aliphatic carbocycles. The average molecular weight is 226 g/mol. The van der Waals surface area contributed by atoms with E-state index in [0.29, 0.717) is 0 Å². The Balaban J connectivity index is 2.36. The third-order valence-electron chi connectivity index (χ3n) is 2.62. The van der Waals surface area contributed by atoms with E-state index < -0.39 is 0 Å². The van der Waals surface area contributed by atoms with Crippen molar-refractivity contribution < 1.29 is 0 Å². The van der Waals surface area contributed by atoms with E-state index in [9.17, 15) is 0 Å². The molecule has 0 fully saturated rings. The van der Waals surface area contributed by atoms with Crippen molar-refractivity contribution in [2.75, 3.05) is 0 Å². The van der Waals surface area contributed by atoms with Gasteiger partial charge < -0.3 is 0 Å². The molecule has 0 bridgehead atoms. The zero-order valence-corrected chi connectivity index (χ0v) is 9.43. The minimum atomic E-state index is 0.844. The summed E-state index contributed by atoms with van der Waals surface area (Å²) in [6.07, 6.45) is 1.75. The number of thiol groups is 1. The van der Waals surface area contributed by atoms with Crippen LogP contribution in [0.15, 0.2) is 59.8 Å². The predicted octanol–water partition coefficient (Wildman–Crippen LogP) is 3.31. The number of nitrogens with zero attached hydrogens (tertiary/aromatic N) is 2. The fourth-order valence-corrected chi connectivity index (χ4v) is 2.10. The molecule has 2 nitrogen and oxygen atoms in total. The number of hydrogen-bond acceptors (Lipinski definition) is 2. The van der Waals surface area contributed by atoms with Crippen LogP contribution in [-0.4, -0.2) is 9.78 Å². The molecule has 1 heterocycles. The Kier molecular flexibility index (Phi) is 2.18. The summed E-state index contributed by atoms with van der Waals surface area (Å²) in [5.41, 5.74) is 1.06. The minimum Gasteiger partial charge on any atom is -0.227 e. The molecule has 0 aliphatic rings. The van der Waals surface area contributed by atoms with Gasteiger partial charge in [-0.05, 0) is 17.5 Å². The van der Waals surface area contributed by atoms with E-state index in [2.05, 4.69) is 42.0 Å². The molecule has 0 unspecified atom stereocenters. The molecule has 0 radical (unpaired) electrons. The summed E-state index contributed by atoms with van der Waals surface area (Å²) in [7, 11) is 0. The Morgan fingerprint density at radius 2 is 1.75 bits per heavy atom. The number of fused-ring (bicyclic) bond motifs is 1. The van der Waals surface area contributed by atoms with E-state index in [-0.39, 0.29) is 0 Å². The van der Waals surface area contributed by atoms with Gasteiger partial charge in [0.2, 0.25) is 0 Å². The molecule has 1 aromatic heterocycles. The van der Waals surface area contributed by atoms with Crippen LogP contribution in [0.5, 0.6) is 0 Å². The Morgan fingerprint density at radius 1 is 0.938 bits per heavy atom. The zero-order chi connectivity index (χ0) is 11.0. The Bertz CT molecular complexity index is 638. The van der Waals surface area contributed by atoms with Gasteiger partial charge in [-0.25, -0.2) is 4.68 Å². The summed E-state index contributed by atoms with van der Waals surface area (Å²) in [6.45, 7) is 0. The molecular formula is C13H10N2S. The highest BCUT2D eigenvalue weighted by Crippen LogP contribution is 2.23. The van der Waals surface area contributed by atoms with E-state index in [1.54, 1.807) is 6.20 Å². The Morgan fingerprint density at radius 3 is 2.56 bits per heavy atom. The van der Waals surface area contributed by atoms with E-state index in [0.717, 1.165) is 10.7 Å².